The van der Waals surface area contributed by atoms with E-state index in [0.29, 0.717) is 11.1 Å². The SMILES string of the molecule is Cc1ccc2c(oc3cc(-c4cc(C#N)cc(C#N)c4)ccc32)c1-c1n(-c2c(C(C)C)cc(-c3ccccc3)cc2C(C)C)c2ccccc2[n+]1C. The van der Waals surface area contributed by atoms with Crippen molar-refractivity contribution in [3.8, 4) is 51.5 Å². The minimum Gasteiger partial charge on any atom is -0.455 e. The second-order valence-corrected chi connectivity index (χ2v) is 14.4. The van der Waals surface area contributed by atoms with E-state index in [-0.39, 0.29) is 11.8 Å². The lowest BCUT2D eigenvalue weighted by Crippen LogP contribution is -2.30. The topological polar surface area (TPSA) is 69.5 Å². The molecule has 2 aromatic heterocycles. The highest BCUT2D eigenvalue weighted by atomic mass is 16.3. The molecule has 0 atom stereocenters. The molecule has 252 valence electrons. The number of fused-ring (bicyclic) bond motifs is 4. The van der Waals surface area contributed by atoms with Crippen LogP contribution < -0.4 is 4.57 Å². The molecule has 2 heterocycles. The maximum atomic E-state index is 9.62. The summed E-state index contributed by atoms with van der Waals surface area (Å²) in [5.74, 6) is 1.58. The highest BCUT2D eigenvalue weighted by molar-refractivity contribution is 6.10. The molecule has 5 heteroatoms. The summed E-state index contributed by atoms with van der Waals surface area (Å²) in [6, 6.07) is 44.2. The molecular formula is C47H39N4O+. The van der Waals surface area contributed by atoms with Gasteiger partial charge in [-0.15, -0.1) is 0 Å². The summed E-state index contributed by atoms with van der Waals surface area (Å²) in [5, 5.41) is 21.3. The zero-order valence-electron chi connectivity index (χ0n) is 30.3. The highest BCUT2D eigenvalue weighted by Gasteiger charge is 2.34. The van der Waals surface area contributed by atoms with Crippen molar-refractivity contribution in [1.82, 2.24) is 4.57 Å². The molecule has 0 saturated carbocycles. The summed E-state index contributed by atoms with van der Waals surface area (Å²) in [4.78, 5) is 0. The Labute approximate surface area is 304 Å². The number of para-hydroxylation sites is 2. The van der Waals surface area contributed by atoms with E-state index in [1.807, 2.05) is 24.3 Å². The van der Waals surface area contributed by atoms with Gasteiger partial charge in [0.25, 0.3) is 5.82 Å². The molecule has 8 rings (SSSR count). The third kappa shape index (κ3) is 5.26. The van der Waals surface area contributed by atoms with Crippen LogP contribution in [0.25, 0.3) is 72.3 Å². The molecule has 8 aromatic rings. The molecule has 0 fully saturated rings. The van der Waals surface area contributed by atoms with Gasteiger partial charge in [-0.25, -0.2) is 4.57 Å². The van der Waals surface area contributed by atoms with Gasteiger partial charge in [0.05, 0.1) is 30.3 Å². The van der Waals surface area contributed by atoms with Crippen LogP contribution in [0.15, 0.2) is 120 Å². The van der Waals surface area contributed by atoms with Crippen LogP contribution in [0.1, 0.15) is 67.3 Å². The van der Waals surface area contributed by atoms with Crippen LogP contribution in [0.2, 0.25) is 0 Å². The van der Waals surface area contributed by atoms with E-state index in [4.69, 9.17) is 4.42 Å². The third-order valence-corrected chi connectivity index (χ3v) is 10.4. The first-order chi connectivity index (χ1) is 25.2. The van der Waals surface area contributed by atoms with Crippen molar-refractivity contribution in [2.24, 2.45) is 7.05 Å². The smallest absolute Gasteiger partial charge is 0.299 e. The van der Waals surface area contributed by atoms with E-state index >= 15 is 0 Å². The Morgan fingerprint density at radius 1 is 0.635 bits per heavy atom. The van der Waals surface area contributed by atoms with E-state index in [9.17, 15) is 10.5 Å². The monoisotopic (exact) mass is 675 g/mol. The van der Waals surface area contributed by atoms with Crippen molar-refractivity contribution in [3.05, 3.63) is 143 Å². The number of hydrogen-bond acceptors (Lipinski definition) is 3. The van der Waals surface area contributed by atoms with E-state index in [1.54, 1.807) is 6.07 Å². The van der Waals surface area contributed by atoms with Crippen LogP contribution in [0.5, 0.6) is 0 Å². The molecule has 0 radical (unpaired) electrons. The Kier molecular flexibility index (Phi) is 8.01. The minimum absolute atomic E-state index is 0.262. The molecule has 0 spiro atoms. The molecule has 0 bridgehead atoms. The van der Waals surface area contributed by atoms with Crippen molar-refractivity contribution >= 4 is 33.0 Å². The van der Waals surface area contributed by atoms with Gasteiger partial charge >= 0.3 is 0 Å². The Balaban J connectivity index is 1.44. The van der Waals surface area contributed by atoms with E-state index in [1.165, 1.54) is 27.9 Å². The second kappa shape index (κ2) is 12.7. The first-order valence-electron chi connectivity index (χ1n) is 17.8. The lowest BCUT2D eigenvalue weighted by atomic mass is 9.88. The summed E-state index contributed by atoms with van der Waals surface area (Å²) < 4.78 is 11.7. The zero-order chi connectivity index (χ0) is 36.3. The van der Waals surface area contributed by atoms with E-state index < -0.39 is 0 Å². The summed E-state index contributed by atoms with van der Waals surface area (Å²) in [6.07, 6.45) is 0. The van der Waals surface area contributed by atoms with Crippen LogP contribution in [-0.4, -0.2) is 4.57 Å². The maximum absolute atomic E-state index is 9.62. The number of nitriles is 2. The number of rotatable bonds is 6. The normalized spacial score (nSPS) is 11.6. The predicted molar refractivity (Wildman–Crippen MR) is 210 cm³/mol. The molecular weight excluding hydrogens is 637 g/mol. The first-order valence-corrected chi connectivity index (χ1v) is 17.8. The molecule has 0 unspecified atom stereocenters. The fourth-order valence-corrected chi connectivity index (χ4v) is 7.76. The Morgan fingerprint density at radius 2 is 1.25 bits per heavy atom. The number of aromatic nitrogens is 2. The van der Waals surface area contributed by atoms with Gasteiger partial charge in [0, 0.05) is 21.9 Å². The molecule has 6 aromatic carbocycles. The van der Waals surface area contributed by atoms with Crippen LogP contribution in [0.4, 0.5) is 0 Å². The van der Waals surface area contributed by atoms with Gasteiger partial charge in [0.2, 0.25) is 0 Å². The summed E-state index contributed by atoms with van der Waals surface area (Å²) in [6.45, 7) is 11.3. The average Bonchev–Trinajstić information content (AvgIpc) is 3.68. The van der Waals surface area contributed by atoms with Crippen LogP contribution in [-0.2, 0) is 7.05 Å². The lowest BCUT2D eigenvalue weighted by molar-refractivity contribution is -0.633. The van der Waals surface area contributed by atoms with Crippen LogP contribution >= 0.6 is 0 Å². The van der Waals surface area contributed by atoms with Crippen molar-refractivity contribution in [2.75, 3.05) is 0 Å². The van der Waals surface area contributed by atoms with Gasteiger partial charge in [-0.05, 0) is 101 Å². The second-order valence-electron chi connectivity index (χ2n) is 14.4. The number of imidazole rings is 1. The molecule has 0 saturated heterocycles. The average molecular weight is 676 g/mol. The molecule has 5 nitrogen and oxygen atoms in total. The Hall–Kier alpha value is -6.43. The van der Waals surface area contributed by atoms with Crippen molar-refractivity contribution < 1.29 is 8.98 Å². The van der Waals surface area contributed by atoms with E-state index in [2.05, 4.69) is 148 Å². The fourth-order valence-electron chi connectivity index (χ4n) is 7.76. The van der Waals surface area contributed by atoms with Gasteiger partial charge in [-0.3, -0.25) is 0 Å². The quantitative estimate of drug-likeness (QED) is 0.165. The lowest BCUT2D eigenvalue weighted by Gasteiger charge is -2.21. The molecule has 0 aliphatic rings. The molecule has 0 amide bonds. The number of benzene rings is 6. The van der Waals surface area contributed by atoms with Crippen molar-refractivity contribution in [2.45, 2.75) is 46.5 Å². The summed E-state index contributed by atoms with van der Waals surface area (Å²) in [5.41, 5.74) is 14.9. The number of aryl methyl sites for hydroxylation is 2. The standard InChI is InChI=1S/C47H39N4O/c1-28(2)39-23-36(33-12-8-7-9-13-33)24-40(29(3)4)45(39)51-42-15-11-10-14-41(42)50(6)47(51)44-30(5)16-18-38-37-19-17-34(25-43(37)52-46(38)44)35-21-31(26-48)20-32(22-35)27-49/h7-25,28-29H,1-6H3/q+1. The fraction of sp³-hybridized carbons (Fsp3) is 0.170. The molecule has 0 N–H and O–H groups in total. The predicted octanol–water partition coefficient (Wildman–Crippen LogP) is 11.7. The Morgan fingerprint density at radius 3 is 1.90 bits per heavy atom. The van der Waals surface area contributed by atoms with Gasteiger partial charge in [0.1, 0.15) is 16.8 Å². The van der Waals surface area contributed by atoms with Gasteiger partial charge < -0.3 is 4.42 Å². The summed E-state index contributed by atoms with van der Waals surface area (Å²) >= 11 is 0. The summed E-state index contributed by atoms with van der Waals surface area (Å²) in [7, 11) is 2.16. The van der Waals surface area contributed by atoms with Crippen LogP contribution in [0, 0.1) is 29.6 Å². The number of hydrogen-bond donors (Lipinski definition) is 0. The highest BCUT2D eigenvalue weighted by Crippen LogP contribution is 2.43. The zero-order valence-corrected chi connectivity index (χ0v) is 30.3. The van der Waals surface area contributed by atoms with E-state index in [0.717, 1.165) is 61.1 Å². The van der Waals surface area contributed by atoms with Crippen molar-refractivity contribution in [3.63, 3.8) is 0 Å². The molecule has 0 aliphatic carbocycles. The van der Waals surface area contributed by atoms with Gasteiger partial charge in [0.15, 0.2) is 16.6 Å². The third-order valence-electron chi connectivity index (χ3n) is 10.4. The van der Waals surface area contributed by atoms with Gasteiger partial charge in [-0.2, -0.15) is 15.1 Å². The largest absolute Gasteiger partial charge is 0.455 e. The number of nitrogens with zero attached hydrogens (tertiary/aromatic N) is 4. The van der Waals surface area contributed by atoms with Gasteiger partial charge in [-0.1, -0.05) is 88.4 Å². The molecule has 52 heavy (non-hydrogen) atoms. The molecule has 0 aliphatic heterocycles. The minimum atomic E-state index is 0.262. The Bertz CT molecular complexity index is 2720. The maximum Gasteiger partial charge on any atom is 0.299 e. The van der Waals surface area contributed by atoms with Crippen LogP contribution in [0.3, 0.4) is 0 Å². The number of furan rings is 1. The first kappa shape index (κ1) is 32.8. The van der Waals surface area contributed by atoms with Crippen molar-refractivity contribution in [1.29, 1.82) is 10.5 Å².